The van der Waals surface area contributed by atoms with Gasteiger partial charge in [0.15, 0.2) is 0 Å². The summed E-state index contributed by atoms with van der Waals surface area (Å²) in [7, 11) is 0. The van der Waals surface area contributed by atoms with Crippen molar-refractivity contribution in [3.8, 4) is 0 Å². The fourth-order valence-electron chi connectivity index (χ4n) is 1.76. The van der Waals surface area contributed by atoms with Crippen molar-refractivity contribution in [2.75, 3.05) is 11.9 Å². The van der Waals surface area contributed by atoms with Crippen molar-refractivity contribution in [3.05, 3.63) is 29.8 Å². The van der Waals surface area contributed by atoms with Gasteiger partial charge in [-0.1, -0.05) is 20.3 Å². The first-order valence-corrected chi connectivity index (χ1v) is 6.56. The van der Waals surface area contributed by atoms with Gasteiger partial charge in [0.05, 0.1) is 12.2 Å². The molecule has 1 aromatic rings. The zero-order valence-electron chi connectivity index (χ0n) is 11.8. The van der Waals surface area contributed by atoms with Crippen LogP contribution < -0.4 is 10.6 Å². The number of rotatable bonds is 7. The number of nitrogens with one attached hydrogen (secondary N) is 2. The molecule has 3 N–H and O–H groups in total. The van der Waals surface area contributed by atoms with Crippen molar-refractivity contribution in [2.24, 2.45) is 5.92 Å². The first kappa shape index (κ1) is 17.0. The van der Waals surface area contributed by atoms with Crippen molar-refractivity contribution >= 4 is 17.6 Å². The Balaban J connectivity index is 2.59. The minimum absolute atomic E-state index is 0.154. The smallest absolute Gasteiger partial charge is 0.320 e. The highest BCUT2D eigenvalue weighted by molar-refractivity contribution is 5.92. The molecule has 1 rings (SSSR count). The van der Waals surface area contributed by atoms with Gasteiger partial charge in [0, 0.05) is 6.07 Å². The van der Waals surface area contributed by atoms with Crippen molar-refractivity contribution in [1.29, 1.82) is 0 Å². The van der Waals surface area contributed by atoms with E-state index in [1.165, 1.54) is 0 Å². The van der Waals surface area contributed by atoms with E-state index in [0.29, 0.717) is 12.5 Å². The molecule has 0 spiro atoms. The number of benzene rings is 1. The zero-order chi connectivity index (χ0) is 16.0. The fourth-order valence-corrected chi connectivity index (χ4v) is 1.76. The number of carbonyl (C=O) groups excluding carboxylic acids is 1. The molecule has 2 atom stereocenters. The number of anilines is 1. The molecule has 0 fully saturated rings. The van der Waals surface area contributed by atoms with Crippen molar-refractivity contribution < 1.29 is 23.5 Å². The van der Waals surface area contributed by atoms with Crippen LogP contribution in [0.2, 0.25) is 0 Å². The SMILES string of the molecule is CC[C@H](C)[C@H](NCC(=O)Nc1ccc(F)cc1F)C(=O)O. The van der Waals surface area contributed by atoms with Crippen LogP contribution >= 0.6 is 0 Å². The molecule has 0 heterocycles. The maximum atomic E-state index is 13.4. The van der Waals surface area contributed by atoms with Crippen LogP contribution in [0.3, 0.4) is 0 Å². The lowest BCUT2D eigenvalue weighted by atomic mass is 9.99. The number of hydrogen-bond acceptors (Lipinski definition) is 3. The van der Waals surface area contributed by atoms with E-state index in [0.717, 1.165) is 12.1 Å². The molecule has 0 unspecified atom stereocenters. The summed E-state index contributed by atoms with van der Waals surface area (Å²) in [6.07, 6.45) is 0.637. The lowest BCUT2D eigenvalue weighted by Crippen LogP contribution is -2.45. The Morgan fingerprint density at radius 1 is 1.33 bits per heavy atom. The Bertz CT molecular complexity index is 523. The monoisotopic (exact) mass is 300 g/mol. The van der Waals surface area contributed by atoms with E-state index in [9.17, 15) is 18.4 Å². The zero-order valence-corrected chi connectivity index (χ0v) is 11.8. The summed E-state index contributed by atoms with van der Waals surface area (Å²) in [5, 5.41) is 13.9. The molecule has 0 saturated heterocycles. The number of hydrogen-bond donors (Lipinski definition) is 3. The number of carboxylic acids is 1. The third-order valence-electron chi connectivity index (χ3n) is 3.17. The van der Waals surface area contributed by atoms with E-state index in [1.807, 2.05) is 6.92 Å². The van der Waals surface area contributed by atoms with Gasteiger partial charge in [-0.2, -0.15) is 0 Å². The molecule has 0 aliphatic heterocycles. The first-order chi connectivity index (χ1) is 9.85. The highest BCUT2D eigenvalue weighted by Crippen LogP contribution is 2.14. The highest BCUT2D eigenvalue weighted by atomic mass is 19.1. The van der Waals surface area contributed by atoms with Crippen LogP contribution in [0, 0.1) is 17.6 Å². The Morgan fingerprint density at radius 3 is 2.52 bits per heavy atom. The number of amides is 1. The van der Waals surface area contributed by atoms with Gasteiger partial charge in [0.2, 0.25) is 5.91 Å². The topological polar surface area (TPSA) is 78.4 Å². The second-order valence-corrected chi connectivity index (χ2v) is 4.75. The quantitative estimate of drug-likeness (QED) is 0.719. The van der Waals surface area contributed by atoms with E-state index < -0.39 is 29.6 Å². The fraction of sp³-hybridized carbons (Fsp3) is 0.429. The molecule has 0 aromatic heterocycles. The third-order valence-corrected chi connectivity index (χ3v) is 3.17. The Morgan fingerprint density at radius 2 is 2.00 bits per heavy atom. The van der Waals surface area contributed by atoms with Gasteiger partial charge in [-0.05, 0) is 18.1 Å². The summed E-state index contributed by atoms with van der Waals surface area (Å²) in [5.74, 6) is -3.44. The molecule has 0 aliphatic carbocycles. The molecule has 0 radical (unpaired) electrons. The average Bonchev–Trinajstić information content (AvgIpc) is 2.41. The number of aliphatic carboxylic acids is 1. The van der Waals surface area contributed by atoms with Gasteiger partial charge in [0.25, 0.3) is 0 Å². The van der Waals surface area contributed by atoms with Gasteiger partial charge in [-0.3, -0.25) is 14.9 Å². The lowest BCUT2D eigenvalue weighted by molar-refractivity contribution is -0.140. The number of halogens is 2. The molecule has 5 nitrogen and oxygen atoms in total. The van der Waals surface area contributed by atoms with Gasteiger partial charge in [-0.25, -0.2) is 8.78 Å². The summed E-state index contributed by atoms with van der Waals surface area (Å²) in [6.45, 7) is 3.32. The maximum absolute atomic E-state index is 13.4. The van der Waals surface area contributed by atoms with Gasteiger partial charge in [0.1, 0.15) is 17.7 Å². The standard InChI is InChI=1S/C14H18F2N2O3/c1-3-8(2)13(14(20)21)17-7-12(19)18-11-5-4-9(15)6-10(11)16/h4-6,8,13,17H,3,7H2,1-2H3,(H,18,19)(H,20,21)/t8-,13-/m0/s1. The molecule has 0 saturated carbocycles. The van der Waals surface area contributed by atoms with E-state index in [2.05, 4.69) is 10.6 Å². The summed E-state index contributed by atoms with van der Waals surface area (Å²) in [5.41, 5.74) is -0.154. The molecule has 1 amide bonds. The van der Waals surface area contributed by atoms with Crippen molar-refractivity contribution in [2.45, 2.75) is 26.3 Å². The third kappa shape index (κ3) is 5.11. The van der Waals surface area contributed by atoms with Crippen LogP contribution in [0.15, 0.2) is 18.2 Å². The van der Waals surface area contributed by atoms with Gasteiger partial charge >= 0.3 is 5.97 Å². The Kier molecular flexibility index (Phi) is 6.23. The van der Waals surface area contributed by atoms with Crippen LogP contribution in [0.25, 0.3) is 0 Å². The first-order valence-electron chi connectivity index (χ1n) is 6.56. The summed E-state index contributed by atoms with van der Waals surface area (Å²) < 4.78 is 26.1. The molecule has 116 valence electrons. The van der Waals surface area contributed by atoms with E-state index in [-0.39, 0.29) is 18.2 Å². The predicted octanol–water partition coefficient (Wildman–Crippen LogP) is 1.99. The maximum Gasteiger partial charge on any atom is 0.320 e. The average molecular weight is 300 g/mol. The molecule has 1 aromatic carbocycles. The van der Waals surface area contributed by atoms with Gasteiger partial charge in [-0.15, -0.1) is 0 Å². The predicted molar refractivity (Wildman–Crippen MR) is 73.9 cm³/mol. The molecule has 21 heavy (non-hydrogen) atoms. The van der Waals surface area contributed by atoms with Crippen LogP contribution in [0.1, 0.15) is 20.3 Å². The van der Waals surface area contributed by atoms with E-state index in [4.69, 9.17) is 5.11 Å². The number of carbonyl (C=O) groups is 2. The van der Waals surface area contributed by atoms with Crippen LogP contribution in [0.5, 0.6) is 0 Å². The second kappa shape index (κ2) is 7.68. The normalized spacial score (nSPS) is 13.5. The second-order valence-electron chi connectivity index (χ2n) is 4.75. The van der Waals surface area contributed by atoms with E-state index in [1.54, 1.807) is 6.92 Å². The molecule has 0 bridgehead atoms. The van der Waals surface area contributed by atoms with Crippen LogP contribution in [-0.4, -0.2) is 29.6 Å². The van der Waals surface area contributed by atoms with Crippen LogP contribution in [-0.2, 0) is 9.59 Å². The summed E-state index contributed by atoms with van der Waals surface area (Å²) in [6, 6.07) is 1.92. The van der Waals surface area contributed by atoms with E-state index >= 15 is 0 Å². The minimum Gasteiger partial charge on any atom is -0.480 e. The highest BCUT2D eigenvalue weighted by Gasteiger charge is 2.23. The number of carboxylic acid groups (broad SMARTS) is 1. The van der Waals surface area contributed by atoms with Crippen LogP contribution in [0.4, 0.5) is 14.5 Å². The minimum atomic E-state index is -1.05. The Hall–Kier alpha value is -2.02. The molecular weight excluding hydrogens is 282 g/mol. The largest absolute Gasteiger partial charge is 0.480 e. The molecule has 7 heteroatoms. The summed E-state index contributed by atoms with van der Waals surface area (Å²) >= 11 is 0. The van der Waals surface area contributed by atoms with Crippen molar-refractivity contribution in [3.63, 3.8) is 0 Å². The summed E-state index contributed by atoms with van der Waals surface area (Å²) in [4.78, 5) is 22.7. The van der Waals surface area contributed by atoms with Crippen molar-refractivity contribution in [1.82, 2.24) is 5.32 Å². The lowest BCUT2D eigenvalue weighted by Gasteiger charge is -2.19. The molecular formula is C14H18F2N2O3. The Labute approximate surface area is 121 Å². The molecule has 0 aliphatic rings. The van der Waals surface area contributed by atoms with Gasteiger partial charge < -0.3 is 10.4 Å².